The van der Waals surface area contributed by atoms with Crippen molar-refractivity contribution in [3.63, 3.8) is 0 Å². The van der Waals surface area contributed by atoms with Crippen LogP contribution < -0.4 is 0 Å². The predicted molar refractivity (Wildman–Crippen MR) is 64.3 cm³/mol. The van der Waals surface area contributed by atoms with Gasteiger partial charge in [0.05, 0.1) is 0 Å². The van der Waals surface area contributed by atoms with Gasteiger partial charge < -0.3 is 5.11 Å². The molecule has 0 amide bonds. The number of carbonyl (C=O) groups is 1. The normalized spacial score (nSPS) is 24.5. The lowest BCUT2D eigenvalue weighted by molar-refractivity contribution is -0.136. The van der Waals surface area contributed by atoms with Crippen LogP contribution in [0.5, 0.6) is 0 Å². The molecule has 1 atom stereocenters. The molecule has 1 unspecified atom stereocenters. The summed E-state index contributed by atoms with van der Waals surface area (Å²) in [6.45, 7) is 6.38. The lowest BCUT2D eigenvalue weighted by atomic mass is 10.0. The molecule has 1 rings (SSSR count). The van der Waals surface area contributed by atoms with Crippen molar-refractivity contribution in [3.05, 3.63) is 0 Å². The fourth-order valence-corrected chi connectivity index (χ4v) is 3.30. The smallest absolute Gasteiger partial charge is 0.323 e. The molecule has 0 radical (unpaired) electrons. The van der Waals surface area contributed by atoms with Crippen molar-refractivity contribution in [2.45, 2.75) is 31.6 Å². The van der Waals surface area contributed by atoms with Crippen LogP contribution in [0.1, 0.15) is 20.8 Å². The van der Waals surface area contributed by atoms with Crippen LogP contribution >= 0.6 is 0 Å². The van der Waals surface area contributed by atoms with Gasteiger partial charge in [0.15, 0.2) is 5.25 Å². The molecule has 1 fully saturated rings. The number of likely N-dealkylation sites (N-methyl/N-ethyl adjacent to an activating group) is 1. The van der Waals surface area contributed by atoms with E-state index in [4.69, 9.17) is 5.11 Å². The fourth-order valence-electron chi connectivity index (χ4n) is 1.76. The van der Waals surface area contributed by atoms with E-state index in [0.717, 1.165) is 0 Å². The number of aliphatic carboxylic acids is 1. The van der Waals surface area contributed by atoms with Gasteiger partial charge in [0.25, 0.3) is 0 Å². The molecule has 6 nitrogen and oxygen atoms in total. The summed E-state index contributed by atoms with van der Waals surface area (Å²) < 4.78 is 25.4. The molecule has 0 aliphatic carbocycles. The number of sulfonamides is 1. The van der Waals surface area contributed by atoms with Crippen LogP contribution in [0.3, 0.4) is 0 Å². The Kier molecular flexibility index (Phi) is 3.85. The molecule has 0 saturated carbocycles. The standard InChI is InChI=1S/C10H20N2O4S/c1-8(9(13)14)17(15,16)12-6-5-11(4)10(2,3)7-12/h8H,5-7H2,1-4H3,(H,13,14). The van der Waals surface area contributed by atoms with Gasteiger partial charge in [-0.05, 0) is 27.8 Å². The van der Waals surface area contributed by atoms with Crippen LogP contribution in [0.2, 0.25) is 0 Å². The summed E-state index contributed by atoms with van der Waals surface area (Å²) in [5.41, 5.74) is -0.274. The Morgan fingerprint density at radius 2 is 1.88 bits per heavy atom. The van der Waals surface area contributed by atoms with Gasteiger partial charge in [0.1, 0.15) is 0 Å². The summed E-state index contributed by atoms with van der Waals surface area (Å²) >= 11 is 0. The maximum atomic E-state index is 12.0. The zero-order valence-corrected chi connectivity index (χ0v) is 11.5. The molecule has 17 heavy (non-hydrogen) atoms. The first-order valence-electron chi connectivity index (χ1n) is 5.52. The van der Waals surface area contributed by atoms with Crippen LogP contribution in [0.25, 0.3) is 0 Å². The van der Waals surface area contributed by atoms with Crippen molar-refractivity contribution in [1.29, 1.82) is 0 Å². The molecule has 7 heteroatoms. The Labute approximate surface area is 102 Å². The Bertz CT molecular complexity index is 405. The molecular weight excluding hydrogens is 244 g/mol. The van der Waals surface area contributed by atoms with Gasteiger partial charge in [-0.25, -0.2) is 8.42 Å². The van der Waals surface area contributed by atoms with E-state index in [-0.39, 0.29) is 5.54 Å². The van der Waals surface area contributed by atoms with E-state index in [9.17, 15) is 13.2 Å². The van der Waals surface area contributed by atoms with Gasteiger partial charge in [-0.1, -0.05) is 0 Å². The third kappa shape index (κ3) is 2.78. The minimum absolute atomic E-state index is 0.274. The van der Waals surface area contributed by atoms with E-state index in [2.05, 4.69) is 4.90 Å². The average Bonchev–Trinajstić information content (AvgIpc) is 2.20. The number of piperazine rings is 1. The maximum absolute atomic E-state index is 12.0. The lowest BCUT2D eigenvalue weighted by Gasteiger charge is -2.44. The second-order valence-corrected chi connectivity index (χ2v) is 7.35. The van der Waals surface area contributed by atoms with Crippen LogP contribution in [-0.4, -0.2) is 66.2 Å². The summed E-state index contributed by atoms with van der Waals surface area (Å²) in [7, 11) is -1.81. The highest BCUT2D eigenvalue weighted by atomic mass is 32.2. The largest absolute Gasteiger partial charge is 0.480 e. The number of carboxylic acids is 1. The molecule has 1 heterocycles. The average molecular weight is 264 g/mol. The minimum Gasteiger partial charge on any atom is -0.480 e. The molecule has 0 aromatic carbocycles. The molecular formula is C10H20N2O4S. The molecule has 1 aliphatic rings. The second kappa shape index (κ2) is 4.55. The van der Waals surface area contributed by atoms with E-state index >= 15 is 0 Å². The SMILES string of the molecule is CC(C(=O)O)S(=O)(=O)N1CCN(C)C(C)(C)C1. The van der Waals surface area contributed by atoms with Gasteiger partial charge in [-0.15, -0.1) is 0 Å². The number of rotatable bonds is 3. The molecule has 1 aliphatic heterocycles. The first-order chi connectivity index (χ1) is 7.59. The summed E-state index contributed by atoms with van der Waals surface area (Å²) in [6, 6.07) is 0. The van der Waals surface area contributed by atoms with Crippen LogP contribution in [0.15, 0.2) is 0 Å². The third-order valence-corrected chi connectivity index (χ3v) is 5.56. The highest BCUT2D eigenvalue weighted by Crippen LogP contribution is 2.22. The van der Waals surface area contributed by atoms with Crippen molar-refractivity contribution in [2.24, 2.45) is 0 Å². The van der Waals surface area contributed by atoms with Gasteiger partial charge >= 0.3 is 5.97 Å². The first-order valence-corrected chi connectivity index (χ1v) is 7.02. The molecule has 1 N–H and O–H groups in total. The molecule has 0 spiro atoms. The number of hydrogen-bond acceptors (Lipinski definition) is 4. The van der Waals surface area contributed by atoms with Crippen molar-refractivity contribution < 1.29 is 18.3 Å². The zero-order chi connectivity index (χ0) is 13.4. The highest BCUT2D eigenvalue weighted by molar-refractivity contribution is 7.90. The highest BCUT2D eigenvalue weighted by Gasteiger charge is 2.40. The van der Waals surface area contributed by atoms with Crippen molar-refractivity contribution in [2.75, 3.05) is 26.7 Å². The van der Waals surface area contributed by atoms with Crippen molar-refractivity contribution >= 4 is 16.0 Å². The monoisotopic (exact) mass is 264 g/mol. The quantitative estimate of drug-likeness (QED) is 0.765. The van der Waals surface area contributed by atoms with Gasteiger partial charge in [0.2, 0.25) is 10.0 Å². The van der Waals surface area contributed by atoms with E-state index in [1.807, 2.05) is 20.9 Å². The topological polar surface area (TPSA) is 77.9 Å². The van der Waals surface area contributed by atoms with E-state index < -0.39 is 21.2 Å². The maximum Gasteiger partial charge on any atom is 0.323 e. The van der Waals surface area contributed by atoms with Crippen LogP contribution in [-0.2, 0) is 14.8 Å². The predicted octanol–water partition coefficient (Wildman–Crippen LogP) is -0.185. The molecule has 100 valence electrons. The molecule has 0 bridgehead atoms. The summed E-state index contributed by atoms with van der Waals surface area (Å²) in [5, 5.41) is 7.43. The second-order valence-electron chi connectivity index (χ2n) is 5.09. The summed E-state index contributed by atoms with van der Waals surface area (Å²) in [4.78, 5) is 12.9. The number of hydrogen-bond donors (Lipinski definition) is 1. The van der Waals surface area contributed by atoms with Crippen molar-refractivity contribution in [1.82, 2.24) is 9.21 Å². The Morgan fingerprint density at radius 3 is 2.29 bits per heavy atom. The molecule has 0 aromatic heterocycles. The molecule has 0 aromatic rings. The Hall–Kier alpha value is -0.660. The fraction of sp³-hybridized carbons (Fsp3) is 0.900. The Morgan fingerprint density at radius 1 is 1.35 bits per heavy atom. The number of nitrogens with zero attached hydrogens (tertiary/aromatic N) is 2. The minimum atomic E-state index is -3.75. The zero-order valence-electron chi connectivity index (χ0n) is 10.7. The Balaban J connectivity index is 2.92. The van der Waals surface area contributed by atoms with Crippen LogP contribution in [0.4, 0.5) is 0 Å². The van der Waals surface area contributed by atoms with E-state index in [1.165, 1.54) is 11.2 Å². The van der Waals surface area contributed by atoms with E-state index in [1.54, 1.807) is 0 Å². The third-order valence-electron chi connectivity index (χ3n) is 3.44. The van der Waals surface area contributed by atoms with Gasteiger partial charge in [0, 0.05) is 25.2 Å². The van der Waals surface area contributed by atoms with Crippen molar-refractivity contribution in [3.8, 4) is 0 Å². The summed E-state index contributed by atoms with van der Waals surface area (Å²) in [5.74, 6) is -1.30. The first kappa shape index (κ1) is 14.4. The van der Waals surface area contributed by atoms with Gasteiger partial charge in [-0.2, -0.15) is 4.31 Å². The number of carboxylic acid groups (broad SMARTS) is 1. The lowest BCUT2D eigenvalue weighted by Crippen LogP contribution is -2.60. The van der Waals surface area contributed by atoms with Crippen LogP contribution in [0, 0.1) is 0 Å². The van der Waals surface area contributed by atoms with Gasteiger partial charge in [-0.3, -0.25) is 9.69 Å². The summed E-state index contributed by atoms with van der Waals surface area (Å²) in [6.07, 6.45) is 0. The van der Waals surface area contributed by atoms with E-state index in [0.29, 0.717) is 19.6 Å². The molecule has 1 saturated heterocycles.